The molecule has 8 heteroatoms. The quantitative estimate of drug-likeness (QED) is 0.654. The van der Waals surface area contributed by atoms with E-state index in [1.807, 2.05) is 25.5 Å². The lowest BCUT2D eigenvalue weighted by molar-refractivity contribution is -0.137. The van der Waals surface area contributed by atoms with Crippen LogP contribution in [-0.2, 0) is 23.9 Å². The van der Waals surface area contributed by atoms with Crippen LogP contribution in [0.3, 0.4) is 0 Å². The van der Waals surface area contributed by atoms with Crippen LogP contribution < -0.4 is 10.1 Å². The van der Waals surface area contributed by atoms with Gasteiger partial charge in [0, 0.05) is 17.8 Å². The molecule has 1 amide bonds. The Hall–Kier alpha value is -2.51. The monoisotopic (exact) mass is 411 g/mol. The fourth-order valence-electron chi connectivity index (χ4n) is 3.01. The van der Waals surface area contributed by atoms with Crippen LogP contribution in [0.5, 0.6) is 5.75 Å². The molecule has 1 aromatic carbocycles. The van der Waals surface area contributed by atoms with Crippen LogP contribution in [0.25, 0.3) is 0 Å². The number of rotatable bonds is 8. The molecule has 0 unspecified atom stereocenters. The van der Waals surface area contributed by atoms with Gasteiger partial charge in [-0.15, -0.1) is 0 Å². The number of anilines is 1. The fraction of sp³-hybridized carbons (Fsp3) is 0.524. The highest BCUT2D eigenvalue weighted by molar-refractivity contribution is 5.94. The number of amides is 1. The number of carbonyl (C=O) groups is 1. The van der Waals surface area contributed by atoms with E-state index in [9.17, 15) is 18.0 Å². The summed E-state index contributed by atoms with van der Waals surface area (Å²) in [6.07, 6.45) is -3.78. The van der Waals surface area contributed by atoms with Crippen LogP contribution in [0, 0.1) is 19.8 Å². The lowest BCUT2D eigenvalue weighted by atomic mass is 10.1. The van der Waals surface area contributed by atoms with Gasteiger partial charge in [0.15, 0.2) is 0 Å². The minimum Gasteiger partial charge on any atom is -0.491 e. The minimum atomic E-state index is -4.51. The first-order chi connectivity index (χ1) is 13.5. The number of ether oxygens (including phenoxy) is 1. The maximum atomic E-state index is 13.1. The van der Waals surface area contributed by atoms with Gasteiger partial charge in [-0.1, -0.05) is 20.8 Å². The molecule has 5 nitrogen and oxygen atoms in total. The first-order valence-electron chi connectivity index (χ1n) is 9.69. The smallest absolute Gasteiger partial charge is 0.416 e. The number of nitrogens with zero attached hydrogens (tertiary/aromatic N) is 2. The van der Waals surface area contributed by atoms with Crippen LogP contribution >= 0.6 is 0 Å². The van der Waals surface area contributed by atoms with Crippen molar-refractivity contribution in [3.8, 4) is 5.75 Å². The molecule has 2 aromatic rings. The number of benzene rings is 1. The summed E-state index contributed by atoms with van der Waals surface area (Å²) < 4.78 is 46.6. The Bertz CT molecular complexity index is 858. The number of hydrogen-bond donors (Lipinski definition) is 1. The van der Waals surface area contributed by atoms with Gasteiger partial charge in [0.05, 0.1) is 30.0 Å². The normalized spacial score (nSPS) is 11.8. The molecule has 2 rings (SSSR count). The van der Waals surface area contributed by atoms with Gasteiger partial charge in [-0.2, -0.15) is 18.3 Å². The van der Waals surface area contributed by atoms with Gasteiger partial charge in [0.2, 0.25) is 5.91 Å². The summed E-state index contributed by atoms with van der Waals surface area (Å²) in [6.45, 7) is 10.8. The SMILES string of the molecule is CCCOc1ccc(C(F)(F)F)cc1NC(=O)Cc1c(C)nn(CC(C)C)c1C. The molecule has 1 N–H and O–H groups in total. The Morgan fingerprint density at radius 3 is 2.55 bits per heavy atom. The predicted octanol–water partition coefficient (Wildman–Crippen LogP) is 5.14. The summed E-state index contributed by atoms with van der Waals surface area (Å²) in [5.41, 5.74) is 1.59. The highest BCUT2D eigenvalue weighted by atomic mass is 19.4. The minimum absolute atomic E-state index is 0.0168. The van der Waals surface area contributed by atoms with Gasteiger partial charge < -0.3 is 10.1 Å². The molecule has 0 aliphatic carbocycles. The molecule has 29 heavy (non-hydrogen) atoms. The third-order valence-corrected chi connectivity index (χ3v) is 4.45. The number of nitrogens with one attached hydrogen (secondary N) is 1. The largest absolute Gasteiger partial charge is 0.491 e. The van der Waals surface area contributed by atoms with Crippen LogP contribution in [0.15, 0.2) is 18.2 Å². The highest BCUT2D eigenvalue weighted by Crippen LogP contribution is 2.35. The van der Waals surface area contributed by atoms with E-state index < -0.39 is 17.6 Å². The van der Waals surface area contributed by atoms with E-state index in [0.717, 1.165) is 35.6 Å². The number of carbonyl (C=O) groups excluding carboxylic acids is 1. The van der Waals surface area contributed by atoms with Crippen molar-refractivity contribution in [3.63, 3.8) is 0 Å². The molecule has 160 valence electrons. The van der Waals surface area contributed by atoms with Gasteiger partial charge in [0.1, 0.15) is 5.75 Å². The molecule has 0 bridgehead atoms. The molecular formula is C21H28F3N3O2. The second kappa shape index (κ2) is 9.33. The van der Waals surface area contributed by atoms with Gasteiger partial charge in [0.25, 0.3) is 0 Å². The predicted molar refractivity (Wildman–Crippen MR) is 106 cm³/mol. The van der Waals surface area contributed by atoms with E-state index in [4.69, 9.17) is 4.74 Å². The molecule has 1 aromatic heterocycles. The van der Waals surface area contributed by atoms with E-state index >= 15 is 0 Å². The van der Waals surface area contributed by atoms with E-state index in [1.165, 1.54) is 6.07 Å². The Kier molecular flexibility index (Phi) is 7.32. The topological polar surface area (TPSA) is 56.1 Å². The molecule has 0 aliphatic heterocycles. The Morgan fingerprint density at radius 2 is 1.97 bits per heavy atom. The molecule has 0 spiro atoms. The number of hydrogen-bond acceptors (Lipinski definition) is 3. The van der Waals surface area contributed by atoms with Crippen molar-refractivity contribution in [2.24, 2.45) is 5.92 Å². The van der Waals surface area contributed by atoms with Crippen molar-refractivity contribution in [3.05, 3.63) is 40.7 Å². The third-order valence-electron chi connectivity index (χ3n) is 4.45. The molecular weight excluding hydrogens is 383 g/mol. The van der Waals surface area contributed by atoms with Crippen molar-refractivity contribution in [2.75, 3.05) is 11.9 Å². The molecule has 0 saturated carbocycles. The fourth-order valence-corrected chi connectivity index (χ4v) is 3.01. The first kappa shape index (κ1) is 22.8. The average Bonchev–Trinajstić information content (AvgIpc) is 2.86. The van der Waals surface area contributed by atoms with Crippen molar-refractivity contribution in [1.29, 1.82) is 0 Å². The van der Waals surface area contributed by atoms with Crippen molar-refractivity contribution in [1.82, 2.24) is 9.78 Å². The van der Waals surface area contributed by atoms with E-state index in [1.54, 1.807) is 0 Å². The van der Waals surface area contributed by atoms with Crippen molar-refractivity contribution in [2.45, 2.75) is 60.2 Å². The Balaban J connectivity index is 2.24. The lowest BCUT2D eigenvalue weighted by Gasteiger charge is -2.15. The van der Waals surface area contributed by atoms with E-state index in [-0.39, 0.29) is 17.9 Å². The summed E-state index contributed by atoms with van der Waals surface area (Å²) in [5.74, 6) is 0.205. The maximum Gasteiger partial charge on any atom is 0.416 e. The molecule has 0 fully saturated rings. The van der Waals surface area contributed by atoms with Gasteiger partial charge in [-0.25, -0.2) is 0 Å². The summed E-state index contributed by atoms with van der Waals surface area (Å²) >= 11 is 0. The summed E-state index contributed by atoms with van der Waals surface area (Å²) in [5, 5.41) is 7.06. The second-order valence-electron chi connectivity index (χ2n) is 7.51. The average molecular weight is 411 g/mol. The number of alkyl halides is 3. The second-order valence-corrected chi connectivity index (χ2v) is 7.51. The number of aryl methyl sites for hydroxylation is 1. The van der Waals surface area contributed by atoms with Gasteiger partial charge >= 0.3 is 6.18 Å². The number of halogens is 3. The van der Waals surface area contributed by atoms with Crippen LogP contribution in [0.2, 0.25) is 0 Å². The standard InChI is InChI=1S/C21H28F3N3O2/c1-6-9-29-19-8-7-16(21(22,23)24)10-18(19)25-20(28)11-17-14(4)26-27(15(17)5)12-13(2)3/h7-8,10,13H,6,9,11-12H2,1-5H3,(H,25,28). The van der Waals surface area contributed by atoms with Gasteiger partial charge in [-0.05, 0) is 44.4 Å². The summed E-state index contributed by atoms with van der Waals surface area (Å²) in [6, 6.07) is 3.10. The number of aromatic nitrogens is 2. The summed E-state index contributed by atoms with van der Waals surface area (Å²) in [7, 11) is 0. The van der Waals surface area contributed by atoms with E-state index in [2.05, 4.69) is 24.3 Å². The van der Waals surface area contributed by atoms with Crippen molar-refractivity contribution < 1.29 is 22.7 Å². The Morgan fingerprint density at radius 1 is 1.28 bits per heavy atom. The van der Waals surface area contributed by atoms with Crippen LogP contribution in [0.4, 0.5) is 18.9 Å². The van der Waals surface area contributed by atoms with Crippen molar-refractivity contribution >= 4 is 11.6 Å². The molecule has 1 heterocycles. The molecule has 0 saturated heterocycles. The summed E-state index contributed by atoms with van der Waals surface area (Å²) in [4.78, 5) is 12.6. The van der Waals surface area contributed by atoms with Gasteiger partial charge in [-0.3, -0.25) is 9.48 Å². The molecule has 0 atom stereocenters. The highest BCUT2D eigenvalue weighted by Gasteiger charge is 2.31. The Labute approximate surface area is 169 Å². The zero-order chi connectivity index (χ0) is 21.8. The molecule has 0 aliphatic rings. The lowest BCUT2D eigenvalue weighted by Crippen LogP contribution is -2.17. The third kappa shape index (κ3) is 5.98. The molecule has 0 radical (unpaired) electrons. The van der Waals surface area contributed by atoms with Crippen LogP contribution in [0.1, 0.15) is 49.7 Å². The van der Waals surface area contributed by atoms with Crippen LogP contribution in [-0.4, -0.2) is 22.3 Å². The first-order valence-corrected chi connectivity index (χ1v) is 9.69. The maximum absolute atomic E-state index is 13.1. The zero-order valence-electron chi connectivity index (χ0n) is 17.5. The van der Waals surface area contributed by atoms with E-state index in [0.29, 0.717) is 18.9 Å². The zero-order valence-corrected chi connectivity index (χ0v) is 17.5.